The lowest BCUT2D eigenvalue weighted by Gasteiger charge is -2.23. The highest BCUT2D eigenvalue weighted by molar-refractivity contribution is 5.42. The molecule has 0 radical (unpaired) electrons. The molecule has 0 bridgehead atoms. The van der Waals surface area contributed by atoms with Gasteiger partial charge in [-0.25, -0.2) is 0 Å². The molecule has 0 unspecified atom stereocenters. The monoisotopic (exact) mass is 123 g/mol. The summed E-state index contributed by atoms with van der Waals surface area (Å²) in [6.45, 7) is 0. The Balaban J connectivity index is 2.85. The maximum Gasteiger partial charge on any atom is 0.0493 e. The van der Waals surface area contributed by atoms with E-state index in [-0.39, 0.29) is 0 Å². The van der Waals surface area contributed by atoms with E-state index in [1.807, 2.05) is 0 Å². The van der Waals surface area contributed by atoms with Gasteiger partial charge in [0.15, 0.2) is 0 Å². The minimum absolute atomic E-state index is 0.581. The fourth-order valence-corrected chi connectivity index (χ4v) is 0.540. The Morgan fingerprint density at radius 2 is 2.44 bits per heavy atom. The van der Waals surface area contributed by atoms with Crippen LogP contribution in [0.3, 0.4) is 0 Å². The predicted octanol–water partition coefficient (Wildman–Crippen LogP) is 1.02. The second-order valence-electron chi connectivity index (χ2n) is 1.71. The molecular weight excluding hydrogens is 116 g/mol. The van der Waals surface area contributed by atoms with E-state index in [1.165, 1.54) is 13.2 Å². The Kier molecular flexibility index (Phi) is 1.65. The van der Waals surface area contributed by atoms with Gasteiger partial charge < -0.3 is 10.3 Å². The molecule has 0 aliphatic heterocycles. The maximum atomic E-state index is 10.5. The molecular formula is C6H7N2O-. The molecule has 1 aromatic rings. The summed E-state index contributed by atoms with van der Waals surface area (Å²) >= 11 is 0. The Hall–Kier alpha value is -1.09. The minimum atomic E-state index is 0.581. The van der Waals surface area contributed by atoms with Gasteiger partial charge in [0, 0.05) is 18.1 Å². The number of rotatable bonds is 1. The number of hydroxylamine groups is 1. The molecule has 9 heavy (non-hydrogen) atoms. The van der Waals surface area contributed by atoms with Gasteiger partial charge in [-0.3, -0.25) is 4.98 Å². The lowest BCUT2D eigenvalue weighted by Crippen LogP contribution is -2.05. The van der Waals surface area contributed by atoms with Crippen molar-refractivity contribution in [3.63, 3.8) is 0 Å². The summed E-state index contributed by atoms with van der Waals surface area (Å²) in [6.07, 6.45) is 3.15. The van der Waals surface area contributed by atoms with Gasteiger partial charge in [-0.05, 0) is 19.2 Å². The highest BCUT2D eigenvalue weighted by Gasteiger charge is 1.83. The van der Waals surface area contributed by atoms with Crippen LogP contribution < -0.4 is 5.06 Å². The van der Waals surface area contributed by atoms with Crippen molar-refractivity contribution in [2.75, 3.05) is 12.1 Å². The molecule has 0 saturated carbocycles. The van der Waals surface area contributed by atoms with Gasteiger partial charge >= 0.3 is 0 Å². The van der Waals surface area contributed by atoms with Crippen LogP contribution in [0.15, 0.2) is 24.5 Å². The first-order valence-electron chi connectivity index (χ1n) is 2.61. The number of anilines is 1. The highest BCUT2D eigenvalue weighted by Crippen LogP contribution is 2.05. The van der Waals surface area contributed by atoms with Crippen LogP contribution in [0.25, 0.3) is 0 Å². The van der Waals surface area contributed by atoms with Crippen LogP contribution in [0.4, 0.5) is 5.69 Å². The quantitative estimate of drug-likeness (QED) is 0.523. The number of aromatic nitrogens is 1. The number of pyridine rings is 1. The Labute approximate surface area is 53.5 Å². The van der Waals surface area contributed by atoms with E-state index in [2.05, 4.69) is 4.98 Å². The SMILES string of the molecule is CN([O-])c1cccnc1. The third kappa shape index (κ3) is 1.40. The van der Waals surface area contributed by atoms with Crippen molar-refractivity contribution in [2.45, 2.75) is 0 Å². The first kappa shape index (κ1) is 6.04. The first-order chi connectivity index (χ1) is 4.30. The average Bonchev–Trinajstić information content (AvgIpc) is 1.90. The van der Waals surface area contributed by atoms with Crippen molar-refractivity contribution in [3.8, 4) is 0 Å². The fraction of sp³-hybridized carbons (Fsp3) is 0.167. The molecule has 0 fully saturated rings. The van der Waals surface area contributed by atoms with E-state index >= 15 is 0 Å². The number of hydrogen-bond acceptors (Lipinski definition) is 3. The van der Waals surface area contributed by atoms with Gasteiger partial charge in [0.25, 0.3) is 0 Å². The molecule has 1 aromatic heterocycles. The molecule has 0 N–H and O–H groups in total. The van der Waals surface area contributed by atoms with Crippen LogP contribution in [-0.4, -0.2) is 12.0 Å². The van der Waals surface area contributed by atoms with Crippen LogP contribution in [0.2, 0.25) is 0 Å². The van der Waals surface area contributed by atoms with E-state index < -0.39 is 0 Å². The zero-order chi connectivity index (χ0) is 6.69. The fourth-order valence-electron chi connectivity index (χ4n) is 0.540. The van der Waals surface area contributed by atoms with E-state index in [0.29, 0.717) is 5.69 Å². The number of hydrogen-bond donors (Lipinski definition) is 0. The zero-order valence-corrected chi connectivity index (χ0v) is 5.11. The summed E-state index contributed by atoms with van der Waals surface area (Å²) in [5.74, 6) is 0. The van der Waals surface area contributed by atoms with Crippen LogP contribution in [0, 0.1) is 5.21 Å². The molecule has 0 aliphatic carbocycles. The summed E-state index contributed by atoms with van der Waals surface area (Å²) in [7, 11) is 1.44. The zero-order valence-electron chi connectivity index (χ0n) is 5.11. The minimum Gasteiger partial charge on any atom is -0.758 e. The van der Waals surface area contributed by atoms with Crippen LogP contribution >= 0.6 is 0 Å². The molecule has 0 spiro atoms. The van der Waals surface area contributed by atoms with Crippen LogP contribution in [-0.2, 0) is 0 Å². The lowest BCUT2D eigenvalue weighted by molar-refractivity contribution is 1.18. The van der Waals surface area contributed by atoms with Gasteiger partial charge in [0.2, 0.25) is 0 Å². The third-order valence-electron chi connectivity index (χ3n) is 1.01. The normalized spacial score (nSPS) is 9.11. The Bertz CT molecular complexity index is 174. The van der Waals surface area contributed by atoms with Crippen molar-refractivity contribution < 1.29 is 0 Å². The molecule has 3 nitrogen and oxygen atoms in total. The van der Waals surface area contributed by atoms with E-state index in [9.17, 15) is 5.21 Å². The molecule has 0 atom stereocenters. The van der Waals surface area contributed by atoms with Crippen LogP contribution in [0.5, 0.6) is 0 Å². The van der Waals surface area contributed by atoms with E-state index in [4.69, 9.17) is 0 Å². The van der Waals surface area contributed by atoms with Gasteiger partial charge in [-0.15, -0.1) is 0 Å². The molecule has 3 heteroatoms. The maximum absolute atomic E-state index is 10.5. The number of nitrogens with zero attached hydrogens (tertiary/aromatic N) is 2. The summed E-state index contributed by atoms with van der Waals surface area (Å²) in [5, 5.41) is 11.3. The summed E-state index contributed by atoms with van der Waals surface area (Å²) in [4.78, 5) is 3.76. The molecule has 48 valence electrons. The molecule has 1 rings (SSSR count). The van der Waals surface area contributed by atoms with E-state index in [0.717, 1.165) is 5.06 Å². The van der Waals surface area contributed by atoms with Gasteiger partial charge in [0.05, 0.1) is 0 Å². The molecule has 0 aliphatic rings. The van der Waals surface area contributed by atoms with Gasteiger partial charge in [-0.2, -0.15) is 0 Å². The molecule has 0 amide bonds. The Morgan fingerprint density at radius 3 is 2.78 bits per heavy atom. The first-order valence-corrected chi connectivity index (χ1v) is 2.61. The van der Waals surface area contributed by atoms with Crippen molar-refractivity contribution in [1.82, 2.24) is 4.98 Å². The smallest absolute Gasteiger partial charge is 0.0493 e. The molecule has 1 heterocycles. The average molecular weight is 123 g/mol. The summed E-state index contributed by atoms with van der Waals surface area (Å²) < 4.78 is 0. The lowest BCUT2D eigenvalue weighted by atomic mass is 10.4. The molecule has 0 aromatic carbocycles. The van der Waals surface area contributed by atoms with Gasteiger partial charge in [0.1, 0.15) is 0 Å². The standard InChI is InChI=1S/C6H7N2O/c1-8(9)6-3-2-4-7-5-6/h2-5H,1H3/q-1. The summed E-state index contributed by atoms with van der Waals surface area (Å²) in [5.41, 5.74) is 0.581. The van der Waals surface area contributed by atoms with Gasteiger partial charge in [-0.1, -0.05) is 0 Å². The van der Waals surface area contributed by atoms with Crippen molar-refractivity contribution in [2.24, 2.45) is 0 Å². The second-order valence-corrected chi connectivity index (χ2v) is 1.71. The predicted molar refractivity (Wildman–Crippen MR) is 36.0 cm³/mol. The second kappa shape index (κ2) is 2.46. The molecule has 0 saturated heterocycles. The van der Waals surface area contributed by atoms with Crippen molar-refractivity contribution in [3.05, 3.63) is 29.7 Å². The summed E-state index contributed by atoms with van der Waals surface area (Å²) in [6, 6.07) is 3.43. The highest BCUT2D eigenvalue weighted by atomic mass is 16.5. The van der Waals surface area contributed by atoms with Crippen molar-refractivity contribution in [1.29, 1.82) is 0 Å². The van der Waals surface area contributed by atoms with E-state index in [1.54, 1.807) is 18.3 Å². The topological polar surface area (TPSA) is 39.2 Å². The Morgan fingerprint density at radius 1 is 1.67 bits per heavy atom. The largest absolute Gasteiger partial charge is 0.758 e. The third-order valence-corrected chi connectivity index (χ3v) is 1.01. The van der Waals surface area contributed by atoms with Crippen LogP contribution in [0.1, 0.15) is 0 Å². The van der Waals surface area contributed by atoms with Crippen molar-refractivity contribution >= 4 is 5.69 Å².